The first-order valence-corrected chi connectivity index (χ1v) is 11.9. The number of alkyl halides is 2. The quantitative estimate of drug-likeness (QED) is 0.396. The highest BCUT2D eigenvalue weighted by molar-refractivity contribution is 6.00. The summed E-state index contributed by atoms with van der Waals surface area (Å²) in [5, 5.41) is 2.47. The van der Waals surface area contributed by atoms with E-state index in [1.165, 1.54) is 17.7 Å². The largest absolute Gasteiger partial charge is 0.355 e. The fourth-order valence-corrected chi connectivity index (χ4v) is 4.50. The van der Waals surface area contributed by atoms with E-state index in [-0.39, 0.29) is 24.4 Å². The predicted molar refractivity (Wildman–Crippen MR) is 128 cm³/mol. The Hall–Kier alpha value is -2.87. The zero-order valence-corrected chi connectivity index (χ0v) is 19.6. The Kier molecular flexibility index (Phi) is 9.51. The molecular weight excluding hydrogens is 440 g/mol. The lowest BCUT2D eigenvalue weighted by atomic mass is 9.91. The van der Waals surface area contributed by atoms with Gasteiger partial charge in [0.05, 0.1) is 13.1 Å². The standard InChI is InChI=1S/C26H33F2N3O3/c1-29-25(33)22-15-21(17-31(26(22)34)16-20-8-3-2-4-9-20)23(32)10-6-5-7-19-11-13-30(14-12-19)18-24(27)28/h2-4,8-9,15,17,19,24H,5-7,10-14,16,18H2,1H3,(H,29,33). The van der Waals surface area contributed by atoms with Gasteiger partial charge in [-0.1, -0.05) is 43.2 Å². The molecule has 3 rings (SSSR count). The molecule has 184 valence electrons. The fourth-order valence-electron chi connectivity index (χ4n) is 4.50. The minimum atomic E-state index is -2.28. The number of rotatable bonds is 11. The number of nitrogens with zero attached hydrogens (tertiary/aromatic N) is 2. The smallest absolute Gasteiger partial charge is 0.263 e. The monoisotopic (exact) mass is 473 g/mol. The van der Waals surface area contributed by atoms with Crippen LogP contribution in [0.4, 0.5) is 8.78 Å². The number of aromatic nitrogens is 1. The number of ketones is 1. The van der Waals surface area contributed by atoms with Gasteiger partial charge in [-0.3, -0.25) is 19.3 Å². The van der Waals surface area contributed by atoms with E-state index < -0.39 is 17.9 Å². The zero-order chi connectivity index (χ0) is 24.5. The molecule has 0 saturated carbocycles. The minimum Gasteiger partial charge on any atom is -0.355 e. The Balaban J connectivity index is 1.58. The second-order valence-corrected chi connectivity index (χ2v) is 8.94. The van der Waals surface area contributed by atoms with E-state index in [9.17, 15) is 23.2 Å². The summed E-state index contributed by atoms with van der Waals surface area (Å²) in [6, 6.07) is 10.8. The summed E-state index contributed by atoms with van der Waals surface area (Å²) in [5.41, 5.74) is 0.781. The number of unbranched alkanes of at least 4 members (excludes halogenated alkanes) is 1. The maximum Gasteiger partial charge on any atom is 0.263 e. The van der Waals surface area contributed by atoms with E-state index in [4.69, 9.17) is 0 Å². The van der Waals surface area contributed by atoms with Gasteiger partial charge in [0.25, 0.3) is 17.9 Å². The highest BCUT2D eigenvalue weighted by Crippen LogP contribution is 2.23. The maximum atomic E-state index is 12.9. The molecule has 6 nitrogen and oxygen atoms in total. The molecule has 0 spiro atoms. The molecule has 1 saturated heterocycles. The van der Waals surface area contributed by atoms with Crippen LogP contribution in [-0.4, -0.2) is 54.3 Å². The van der Waals surface area contributed by atoms with Crippen molar-refractivity contribution in [3.63, 3.8) is 0 Å². The third-order valence-corrected chi connectivity index (χ3v) is 6.45. The van der Waals surface area contributed by atoms with Crippen LogP contribution >= 0.6 is 0 Å². The molecule has 8 heteroatoms. The molecule has 1 N–H and O–H groups in total. The van der Waals surface area contributed by atoms with E-state index in [1.807, 2.05) is 35.2 Å². The van der Waals surface area contributed by atoms with E-state index in [0.717, 1.165) is 31.2 Å². The average Bonchev–Trinajstić information content (AvgIpc) is 2.83. The van der Waals surface area contributed by atoms with Gasteiger partial charge in [-0.15, -0.1) is 0 Å². The van der Waals surface area contributed by atoms with Gasteiger partial charge in [-0.2, -0.15) is 0 Å². The van der Waals surface area contributed by atoms with Crippen molar-refractivity contribution in [2.45, 2.75) is 51.5 Å². The first kappa shape index (κ1) is 25.7. The van der Waals surface area contributed by atoms with E-state index in [2.05, 4.69) is 5.32 Å². The molecule has 1 aliphatic rings. The number of carbonyl (C=O) groups is 2. The highest BCUT2D eigenvalue weighted by Gasteiger charge is 2.21. The molecular formula is C26H33F2N3O3. The number of pyridine rings is 1. The number of likely N-dealkylation sites (tertiary alicyclic amines) is 1. The number of hydrogen-bond donors (Lipinski definition) is 1. The van der Waals surface area contributed by atoms with Crippen molar-refractivity contribution in [1.82, 2.24) is 14.8 Å². The average molecular weight is 474 g/mol. The van der Waals surface area contributed by atoms with Crippen LogP contribution in [-0.2, 0) is 6.54 Å². The SMILES string of the molecule is CNC(=O)c1cc(C(=O)CCCCC2CCN(CC(F)F)CC2)cn(Cc2ccccc2)c1=O. The van der Waals surface area contributed by atoms with Gasteiger partial charge >= 0.3 is 0 Å². The van der Waals surface area contributed by atoms with Gasteiger partial charge in [0.1, 0.15) is 5.56 Å². The molecule has 0 bridgehead atoms. The van der Waals surface area contributed by atoms with Gasteiger partial charge < -0.3 is 9.88 Å². The van der Waals surface area contributed by atoms with Gasteiger partial charge in [-0.05, 0) is 49.9 Å². The Bertz CT molecular complexity index is 1020. The van der Waals surface area contributed by atoms with Gasteiger partial charge in [0.2, 0.25) is 0 Å². The Morgan fingerprint density at radius 2 is 1.82 bits per heavy atom. The lowest BCUT2D eigenvalue weighted by Gasteiger charge is -2.31. The second-order valence-electron chi connectivity index (χ2n) is 8.94. The molecule has 2 aromatic rings. The fraction of sp³-hybridized carbons (Fsp3) is 0.500. The summed E-state index contributed by atoms with van der Waals surface area (Å²) in [6.07, 6.45) is 4.01. The molecule has 1 aromatic carbocycles. The van der Waals surface area contributed by atoms with Crippen LogP contribution in [0.3, 0.4) is 0 Å². The summed E-state index contributed by atoms with van der Waals surface area (Å²) in [4.78, 5) is 39.8. The normalized spacial score (nSPS) is 14.9. The molecule has 1 fully saturated rings. The Morgan fingerprint density at radius 1 is 1.12 bits per heavy atom. The lowest BCUT2D eigenvalue weighted by molar-refractivity contribution is 0.0678. The van der Waals surface area contributed by atoms with Crippen molar-refractivity contribution >= 4 is 11.7 Å². The van der Waals surface area contributed by atoms with Crippen LogP contribution in [0.25, 0.3) is 0 Å². The topological polar surface area (TPSA) is 71.4 Å². The van der Waals surface area contributed by atoms with Gasteiger partial charge in [0.15, 0.2) is 5.78 Å². The van der Waals surface area contributed by atoms with Crippen LogP contribution in [0.5, 0.6) is 0 Å². The molecule has 0 radical (unpaired) electrons. The number of hydrogen-bond acceptors (Lipinski definition) is 4. The van der Waals surface area contributed by atoms with Gasteiger partial charge in [0, 0.05) is 25.2 Å². The van der Waals surface area contributed by atoms with E-state index >= 15 is 0 Å². The summed E-state index contributed by atoms with van der Waals surface area (Å²) in [6.45, 7) is 1.54. The molecule has 34 heavy (non-hydrogen) atoms. The molecule has 0 aliphatic carbocycles. The number of halogens is 2. The number of Topliss-reactive ketones (excluding diaryl/α,β-unsaturated/α-hetero) is 1. The molecule has 2 heterocycles. The predicted octanol–water partition coefficient (Wildman–Crippen LogP) is 3.98. The van der Waals surface area contributed by atoms with Crippen LogP contribution in [0.2, 0.25) is 0 Å². The van der Waals surface area contributed by atoms with E-state index in [0.29, 0.717) is 37.4 Å². The molecule has 1 amide bonds. The third kappa shape index (κ3) is 7.32. The summed E-state index contributed by atoms with van der Waals surface area (Å²) < 4.78 is 26.4. The second kappa shape index (κ2) is 12.6. The first-order chi connectivity index (χ1) is 16.4. The van der Waals surface area contributed by atoms with Gasteiger partial charge in [-0.25, -0.2) is 8.78 Å². The number of carbonyl (C=O) groups excluding carboxylic acids is 2. The molecule has 0 unspecified atom stereocenters. The Labute approximate surface area is 199 Å². The summed E-state index contributed by atoms with van der Waals surface area (Å²) in [5.74, 6) is -0.102. The highest BCUT2D eigenvalue weighted by atomic mass is 19.3. The van der Waals surface area contributed by atoms with Crippen molar-refractivity contribution in [2.24, 2.45) is 5.92 Å². The maximum absolute atomic E-state index is 12.9. The minimum absolute atomic E-state index is 0.0418. The lowest BCUT2D eigenvalue weighted by Crippen LogP contribution is -2.36. The Morgan fingerprint density at radius 3 is 2.47 bits per heavy atom. The third-order valence-electron chi connectivity index (χ3n) is 6.45. The van der Waals surface area contributed by atoms with Crippen molar-refractivity contribution in [2.75, 3.05) is 26.7 Å². The number of nitrogens with one attached hydrogen (secondary N) is 1. The van der Waals surface area contributed by atoms with Crippen LogP contribution in [0.15, 0.2) is 47.4 Å². The van der Waals surface area contributed by atoms with Crippen LogP contribution in [0.1, 0.15) is 64.8 Å². The summed E-state index contributed by atoms with van der Waals surface area (Å²) in [7, 11) is 1.45. The molecule has 0 atom stereocenters. The van der Waals surface area contributed by atoms with Crippen LogP contribution < -0.4 is 10.9 Å². The number of amides is 1. The van der Waals surface area contributed by atoms with Crippen molar-refractivity contribution in [3.05, 3.63) is 69.6 Å². The molecule has 1 aromatic heterocycles. The van der Waals surface area contributed by atoms with Crippen molar-refractivity contribution < 1.29 is 18.4 Å². The molecule has 1 aliphatic heterocycles. The van der Waals surface area contributed by atoms with E-state index in [1.54, 1.807) is 6.20 Å². The zero-order valence-electron chi connectivity index (χ0n) is 19.6. The van der Waals surface area contributed by atoms with Crippen molar-refractivity contribution in [3.8, 4) is 0 Å². The number of benzene rings is 1. The number of piperidine rings is 1. The first-order valence-electron chi connectivity index (χ1n) is 11.9. The van der Waals surface area contributed by atoms with Crippen LogP contribution in [0, 0.1) is 5.92 Å². The van der Waals surface area contributed by atoms with Crippen molar-refractivity contribution in [1.29, 1.82) is 0 Å². The summed E-state index contributed by atoms with van der Waals surface area (Å²) >= 11 is 0.